The van der Waals surface area contributed by atoms with Gasteiger partial charge in [-0.3, -0.25) is 9.59 Å². The van der Waals surface area contributed by atoms with Gasteiger partial charge in [-0.25, -0.2) is 0 Å². The molecule has 0 aliphatic heterocycles. The average Bonchev–Trinajstić information content (AvgIpc) is 2.29. The Morgan fingerprint density at radius 1 is 1.47 bits per heavy atom. The fraction of sp³-hybridized carbons (Fsp3) is 0.714. The average molecular weight is 236 g/mol. The van der Waals surface area contributed by atoms with Crippen molar-refractivity contribution < 1.29 is 14.3 Å². The minimum absolute atomic E-state index is 0.116. The molecule has 0 radical (unpaired) electrons. The van der Waals surface area contributed by atoms with Crippen LogP contribution in [0.2, 0.25) is 0 Å². The second kappa shape index (κ2) is 4.63. The molecule has 3 heteroatoms. The van der Waals surface area contributed by atoms with Crippen LogP contribution < -0.4 is 0 Å². The van der Waals surface area contributed by atoms with Gasteiger partial charge in [-0.2, -0.15) is 0 Å². The molecule has 0 aromatic heterocycles. The van der Waals surface area contributed by atoms with Crippen molar-refractivity contribution in [3.05, 3.63) is 11.6 Å². The monoisotopic (exact) mass is 236 g/mol. The van der Waals surface area contributed by atoms with E-state index in [0.717, 1.165) is 6.42 Å². The summed E-state index contributed by atoms with van der Waals surface area (Å²) in [5.41, 5.74) is 1.40. The number of carbonyl (C=O) groups is 2. The maximum absolute atomic E-state index is 11.8. The van der Waals surface area contributed by atoms with E-state index in [-0.39, 0.29) is 24.3 Å². The van der Waals surface area contributed by atoms with E-state index in [4.69, 9.17) is 0 Å². The Balaban J connectivity index is 2.22. The van der Waals surface area contributed by atoms with Gasteiger partial charge in [0.05, 0.1) is 5.92 Å². The van der Waals surface area contributed by atoms with Crippen LogP contribution in [0.15, 0.2) is 11.6 Å². The number of hydrogen-bond donors (Lipinski definition) is 0. The highest BCUT2D eigenvalue weighted by Gasteiger charge is 2.45. The second-order valence-electron chi connectivity index (χ2n) is 5.70. The van der Waals surface area contributed by atoms with Gasteiger partial charge in [0.1, 0.15) is 0 Å². The fourth-order valence-electron chi connectivity index (χ4n) is 3.50. The molecule has 3 unspecified atom stereocenters. The molecule has 3 aliphatic rings. The Bertz CT molecular complexity index is 356. The molecule has 0 aromatic rings. The van der Waals surface area contributed by atoms with Crippen molar-refractivity contribution in [1.29, 1.82) is 0 Å². The van der Waals surface area contributed by atoms with Crippen molar-refractivity contribution in [2.45, 2.75) is 33.6 Å². The highest BCUT2D eigenvalue weighted by Crippen LogP contribution is 2.50. The zero-order chi connectivity index (χ0) is 12.6. The molecule has 1 saturated carbocycles. The molecule has 3 aliphatic carbocycles. The first-order valence-corrected chi connectivity index (χ1v) is 6.37. The number of esters is 1. The van der Waals surface area contributed by atoms with Crippen molar-refractivity contribution in [1.82, 2.24) is 0 Å². The van der Waals surface area contributed by atoms with Crippen LogP contribution in [0.3, 0.4) is 0 Å². The molecule has 3 rings (SSSR count). The van der Waals surface area contributed by atoms with Gasteiger partial charge in [-0.15, -0.1) is 0 Å². The largest absolute Gasteiger partial charge is 0.395 e. The van der Waals surface area contributed by atoms with Crippen molar-refractivity contribution in [3.63, 3.8) is 0 Å². The first-order valence-electron chi connectivity index (χ1n) is 6.37. The molecule has 0 aromatic carbocycles. The van der Waals surface area contributed by atoms with Crippen LogP contribution >= 0.6 is 0 Å². The number of rotatable bonds is 3. The van der Waals surface area contributed by atoms with Crippen molar-refractivity contribution in [2.24, 2.45) is 29.6 Å². The molecule has 0 N–H and O–H groups in total. The van der Waals surface area contributed by atoms with E-state index in [1.807, 2.05) is 0 Å². The SMILES string of the molecule is CC1=CC2C(C(C)C)CC1C[C@H]2C(=O)OC=O. The summed E-state index contributed by atoms with van der Waals surface area (Å²) in [4.78, 5) is 22.1. The smallest absolute Gasteiger partial charge is 0.317 e. The maximum atomic E-state index is 11.8. The van der Waals surface area contributed by atoms with Crippen LogP contribution in [0.25, 0.3) is 0 Å². The van der Waals surface area contributed by atoms with Gasteiger partial charge in [0.15, 0.2) is 0 Å². The fourth-order valence-corrected chi connectivity index (χ4v) is 3.50. The normalized spacial score (nSPS) is 35.6. The molecule has 0 spiro atoms. The van der Waals surface area contributed by atoms with Crippen molar-refractivity contribution in [3.8, 4) is 0 Å². The summed E-state index contributed by atoms with van der Waals surface area (Å²) in [7, 11) is 0. The quantitative estimate of drug-likeness (QED) is 0.327. The highest BCUT2D eigenvalue weighted by molar-refractivity contribution is 5.79. The number of hydrogen-bond acceptors (Lipinski definition) is 3. The van der Waals surface area contributed by atoms with E-state index in [1.54, 1.807) is 0 Å². The molecule has 3 nitrogen and oxygen atoms in total. The number of carbonyl (C=O) groups excluding carboxylic acids is 2. The van der Waals surface area contributed by atoms with Gasteiger partial charge in [0.25, 0.3) is 0 Å². The Labute approximate surface area is 102 Å². The minimum atomic E-state index is -0.343. The van der Waals surface area contributed by atoms with Crippen LogP contribution in [-0.2, 0) is 14.3 Å². The molecule has 4 atom stereocenters. The predicted molar refractivity (Wildman–Crippen MR) is 63.9 cm³/mol. The van der Waals surface area contributed by atoms with Crippen molar-refractivity contribution >= 4 is 12.4 Å². The van der Waals surface area contributed by atoms with Crippen LogP contribution in [0.5, 0.6) is 0 Å². The van der Waals surface area contributed by atoms with Crippen LogP contribution in [0, 0.1) is 29.6 Å². The molecule has 94 valence electrons. The Morgan fingerprint density at radius 2 is 2.18 bits per heavy atom. The van der Waals surface area contributed by atoms with Gasteiger partial charge in [-0.1, -0.05) is 25.5 Å². The predicted octanol–water partition coefficient (Wildman–Crippen LogP) is 2.56. The van der Waals surface area contributed by atoms with Gasteiger partial charge >= 0.3 is 12.4 Å². The van der Waals surface area contributed by atoms with Gasteiger partial charge < -0.3 is 4.74 Å². The minimum Gasteiger partial charge on any atom is -0.395 e. The van der Waals surface area contributed by atoms with Gasteiger partial charge in [-0.05, 0) is 43.4 Å². The highest BCUT2D eigenvalue weighted by atomic mass is 16.6. The molecule has 0 amide bonds. The first kappa shape index (κ1) is 12.3. The lowest BCUT2D eigenvalue weighted by Crippen LogP contribution is -2.42. The Morgan fingerprint density at radius 3 is 2.71 bits per heavy atom. The summed E-state index contributed by atoms with van der Waals surface area (Å²) in [5.74, 6) is 1.41. The van der Waals surface area contributed by atoms with E-state index in [9.17, 15) is 9.59 Å². The second-order valence-corrected chi connectivity index (χ2v) is 5.70. The number of ether oxygens (including phenoxy) is 1. The zero-order valence-corrected chi connectivity index (χ0v) is 10.7. The van der Waals surface area contributed by atoms with Crippen LogP contribution in [0.1, 0.15) is 33.6 Å². The molecular formula is C14H20O3. The van der Waals surface area contributed by atoms with E-state index >= 15 is 0 Å². The number of allylic oxidation sites excluding steroid dienone is 2. The first-order chi connectivity index (χ1) is 8.04. The zero-order valence-electron chi connectivity index (χ0n) is 10.7. The molecule has 0 saturated heterocycles. The summed E-state index contributed by atoms with van der Waals surface area (Å²) >= 11 is 0. The lowest BCUT2D eigenvalue weighted by molar-refractivity contribution is -0.158. The molecule has 1 fully saturated rings. The summed E-state index contributed by atoms with van der Waals surface area (Å²) in [5, 5.41) is 0. The lowest BCUT2D eigenvalue weighted by Gasteiger charge is -2.46. The molecule has 2 bridgehead atoms. The third kappa shape index (κ3) is 2.15. The van der Waals surface area contributed by atoms with Crippen molar-refractivity contribution in [2.75, 3.05) is 0 Å². The molecular weight excluding hydrogens is 216 g/mol. The van der Waals surface area contributed by atoms with Gasteiger partial charge in [0, 0.05) is 0 Å². The van der Waals surface area contributed by atoms with E-state index in [0.29, 0.717) is 17.8 Å². The number of fused-ring (bicyclic) bond motifs is 2. The lowest BCUT2D eigenvalue weighted by atomic mass is 9.58. The van der Waals surface area contributed by atoms with Crippen LogP contribution in [0.4, 0.5) is 0 Å². The topological polar surface area (TPSA) is 43.4 Å². The standard InChI is InChI=1S/C14H20O3/c1-8(2)11-5-10-6-13(14(16)17-7-15)12(11)4-9(10)3/h4,7-8,10-13H,5-6H2,1-3H3/t10?,11?,12?,13-/m1/s1. The third-order valence-electron chi connectivity index (χ3n) is 4.48. The van der Waals surface area contributed by atoms with E-state index in [2.05, 4.69) is 31.6 Å². The Kier molecular flexibility index (Phi) is 3.36. The molecule has 0 heterocycles. The molecule has 17 heavy (non-hydrogen) atoms. The van der Waals surface area contributed by atoms with E-state index < -0.39 is 0 Å². The van der Waals surface area contributed by atoms with Crippen LogP contribution in [-0.4, -0.2) is 12.4 Å². The summed E-state index contributed by atoms with van der Waals surface area (Å²) in [6, 6.07) is 0. The summed E-state index contributed by atoms with van der Waals surface area (Å²) in [6.07, 6.45) is 4.26. The summed E-state index contributed by atoms with van der Waals surface area (Å²) in [6.45, 7) is 6.81. The van der Waals surface area contributed by atoms with E-state index in [1.165, 1.54) is 12.0 Å². The summed E-state index contributed by atoms with van der Waals surface area (Å²) < 4.78 is 4.55. The maximum Gasteiger partial charge on any atom is 0.317 e. The van der Waals surface area contributed by atoms with Gasteiger partial charge in [0.2, 0.25) is 0 Å². The Hall–Kier alpha value is -1.12. The third-order valence-corrected chi connectivity index (χ3v) is 4.48.